The Labute approximate surface area is 207 Å². The molecule has 1 N–H and O–H groups in total. The Morgan fingerprint density at radius 3 is 2.42 bits per heavy atom. The third kappa shape index (κ3) is 4.23. The number of fused-ring (bicyclic) bond motifs is 2. The summed E-state index contributed by atoms with van der Waals surface area (Å²) in [6, 6.07) is 11.6. The fourth-order valence-corrected chi connectivity index (χ4v) is 5.94. The first-order valence-electron chi connectivity index (χ1n) is 12.5. The largest absolute Gasteiger partial charge is 0.573 e. The van der Waals surface area contributed by atoms with Gasteiger partial charge in [0, 0.05) is 35.5 Å². The molecular formula is C27H29F3N2O4. The summed E-state index contributed by atoms with van der Waals surface area (Å²) in [5.41, 5.74) is -0.253. The number of anilines is 1. The molecule has 3 atom stereocenters. The lowest BCUT2D eigenvalue weighted by Gasteiger charge is -2.53. The van der Waals surface area contributed by atoms with Crippen molar-refractivity contribution in [2.24, 2.45) is 5.92 Å². The van der Waals surface area contributed by atoms with Crippen molar-refractivity contribution >= 4 is 17.5 Å². The molecule has 2 saturated carbocycles. The lowest BCUT2D eigenvalue weighted by atomic mass is 9.77. The van der Waals surface area contributed by atoms with E-state index in [1.807, 2.05) is 6.92 Å². The average Bonchev–Trinajstić information content (AvgIpc) is 3.53. The molecule has 3 unspecified atom stereocenters. The van der Waals surface area contributed by atoms with Crippen LogP contribution in [0.15, 0.2) is 48.5 Å². The first-order chi connectivity index (χ1) is 17.1. The molecule has 192 valence electrons. The Morgan fingerprint density at radius 1 is 1.08 bits per heavy atom. The minimum absolute atomic E-state index is 0.0215. The van der Waals surface area contributed by atoms with E-state index in [9.17, 15) is 27.9 Å². The summed E-state index contributed by atoms with van der Waals surface area (Å²) in [5, 5.41) is 12.4. The second-order valence-corrected chi connectivity index (χ2v) is 9.84. The standard InChI is InChI=1S/C27H29F3N2O4/c1-2-6-24(33)32(18-13-14-18)26(35)20-7-3-4-9-22(20)31(23-10-5-8-21(23)26)25(34)17-11-15-19(16-12-17)36-27(28,29)30/h3-4,7,9,11-12,15-16,18,21,23,35H,2,5-6,8,10,13-14H2,1H3. The van der Waals surface area contributed by atoms with Crippen molar-refractivity contribution in [3.8, 4) is 5.75 Å². The van der Waals surface area contributed by atoms with Crippen LogP contribution < -0.4 is 9.64 Å². The van der Waals surface area contributed by atoms with Crippen LogP contribution in [0, 0.1) is 5.92 Å². The fraction of sp³-hybridized carbons (Fsp3) is 0.481. The van der Waals surface area contributed by atoms with E-state index in [0.717, 1.165) is 31.4 Å². The molecule has 5 rings (SSSR count). The van der Waals surface area contributed by atoms with Crippen LogP contribution in [0.4, 0.5) is 18.9 Å². The first-order valence-corrected chi connectivity index (χ1v) is 12.5. The highest BCUT2D eigenvalue weighted by atomic mass is 19.4. The Balaban J connectivity index is 1.55. The topological polar surface area (TPSA) is 70.1 Å². The Kier molecular flexibility index (Phi) is 6.22. The Morgan fingerprint density at radius 2 is 1.78 bits per heavy atom. The van der Waals surface area contributed by atoms with E-state index < -0.39 is 17.8 Å². The zero-order chi connectivity index (χ0) is 25.7. The average molecular weight is 503 g/mol. The molecule has 2 aromatic carbocycles. The molecule has 1 aliphatic heterocycles. The molecule has 3 aliphatic rings. The van der Waals surface area contributed by atoms with E-state index in [1.54, 1.807) is 34.1 Å². The molecule has 6 nitrogen and oxygen atoms in total. The minimum atomic E-state index is -4.82. The number of alkyl halides is 3. The van der Waals surface area contributed by atoms with Gasteiger partial charge in [-0.3, -0.25) is 9.59 Å². The monoisotopic (exact) mass is 502 g/mol. The Bertz CT molecular complexity index is 1150. The molecule has 2 fully saturated rings. The number of nitrogens with zero attached hydrogens (tertiary/aromatic N) is 2. The van der Waals surface area contributed by atoms with Gasteiger partial charge in [-0.05, 0) is 62.4 Å². The fourth-order valence-electron chi connectivity index (χ4n) is 5.94. The molecule has 0 spiro atoms. The van der Waals surface area contributed by atoms with Crippen molar-refractivity contribution in [2.45, 2.75) is 76.0 Å². The van der Waals surface area contributed by atoms with E-state index in [2.05, 4.69) is 4.74 Å². The van der Waals surface area contributed by atoms with E-state index >= 15 is 0 Å². The number of rotatable bonds is 6. The van der Waals surface area contributed by atoms with Gasteiger partial charge in [0.1, 0.15) is 5.75 Å². The van der Waals surface area contributed by atoms with E-state index in [-0.39, 0.29) is 35.4 Å². The number of halogens is 3. The van der Waals surface area contributed by atoms with Crippen LogP contribution >= 0.6 is 0 Å². The van der Waals surface area contributed by atoms with Crippen molar-refractivity contribution in [3.05, 3.63) is 59.7 Å². The zero-order valence-corrected chi connectivity index (χ0v) is 20.0. The van der Waals surface area contributed by atoms with E-state index in [4.69, 9.17) is 0 Å². The van der Waals surface area contributed by atoms with Crippen LogP contribution in [0.1, 0.15) is 67.8 Å². The predicted octanol–water partition coefficient (Wildman–Crippen LogP) is 5.35. The quantitative estimate of drug-likeness (QED) is 0.541. The summed E-state index contributed by atoms with van der Waals surface area (Å²) in [6.07, 6.45) is -0.0304. The van der Waals surface area contributed by atoms with Gasteiger partial charge < -0.3 is 19.6 Å². The third-order valence-corrected chi connectivity index (χ3v) is 7.45. The van der Waals surface area contributed by atoms with Crippen molar-refractivity contribution in [1.82, 2.24) is 4.90 Å². The third-order valence-electron chi connectivity index (χ3n) is 7.45. The van der Waals surface area contributed by atoms with Gasteiger partial charge in [0.05, 0.1) is 5.69 Å². The maximum atomic E-state index is 13.8. The zero-order valence-electron chi connectivity index (χ0n) is 20.0. The number of aliphatic hydroxyl groups is 1. The number of carbonyl (C=O) groups is 2. The van der Waals surface area contributed by atoms with Gasteiger partial charge in [-0.15, -0.1) is 13.2 Å². The molecule has 0 bridgehead atoms. The van der Waals surface area contributed by atoms with E-state index in [1.165, 1.54) is 12.1 Å². The van der Waals surface area contributed by atoms with E-state index in [0.29, 0.717) is 36.9 Å². The van der Waals surface area contributed by atoms with Crippen LogP contribution in [-0.2, 0) is 10.5 Å². The number of carbonyl (C=O) groups excluding carboxylic acids is 2. The molecule has 2 aromatic rings. The number of ether oxygens (including phenoxy) is 1. The van der Waals surface area contributed by atoms with Crippen LogP contribution in [-0.4, -0.2) is 40.3 Å². The molecule has 2 amide bonds. The second kappa shape index (κ2) is 9.10. The highest BCUT2D eigenvalue weighted by molar-refractivity contribution is 6.07. The first kappa shape index (κ1) is 24.6. The molecule has 1 heterocycles. The molecule has 9 heteroatoms. The minimum Gasteiger partial charge on any atom is -0.406 e. The number of amides is 2. The molecule has 0 saturated heterocycles. The highest BCUT2D eigenvalue weighted by Gasteiger charge is 2.60. The smallest absolute Gasteiger partial charge is 0.406 e. The van der Waals surface area contributed by atoms with Crippen molar-refractivity contribution < 1.29 is 32.6 Å². The van der Waals surface area contributed by atoms with Crippen LogP contribution in [0.2, 0.25) is 0 Å². The molecule has 36 heavy (non-hydrogen) atoms. The van der Waals surface area contributed by atoms with Gasteiger partial charge >= 0.3 is 6.36 Å². The van der Waals surface area contributed by atoms with Gasteiger partial charge in [0.25, 0.3) is 5.91 Å². The summed E-state index contributed by atoms with van der Waals surface area (Å²) in [7, 11) is 0. The molecule has 0 aromatic heterocycles. The van der Waals surface area contributed by atoms with Gasteiger partial charge in [-0.1, -0.05) is 31.5 Å². The number of hydrogen-bond acceptors (Lipinski definition) is 4. The molecular weight excluding hydrogens is 473 g/mol. The van der Waals surface area contributed by atoms with Crippen molar-refractivity contribution in [3.63, 3.8) is 0 Å². The Hall–Kier alpha value is -3.07. The molecule has 0 radical (unpaired) electrons. The SMILES string of the molecule is CCCC(=O)N(C1CC1)C1(O)c2ccccc2N(C(=O)c2ccc(OC(F)(F)F)cc2)C2CCCC21. The van der Waals surface area contributed by atoms with Crippen molar-refractivity contribution in [2.75, 3.05) is 4.90 Å². The predicted molar refractivity (Wildman–Crippen MR) is 126 cm³/mol. The number of hydrogen-bond donors (Lipinski definition) is 1. The summed E-state index contributed by atoms with van der Waals surface area (Å²) >= 11 is 0. The summed E-state index contributed by atoms with van der Waals surface area (Å²) < 4.78 is 41.6. The van der Waals surface area contributed by atoms with Gasteiger partial charge in [0.2, 0.25) is 5.91 Å². The summed E-state index contributed by atoms with van der Waals surface area (Å²) in [6.45, 7) is 1.94. The number of para-hydroxylation sites is 1. The van der Waals surface area contributed by atoms with Crippen LogP contribution in [0.5, 0.6) is 5.75 Å². The maximum absolute atomic E-state index is 13.8. The van der Waals surface area contributed by atoms with Crippen LogP contribution in [0.3, 0.4) is 0 Å². The van der Waals surface area contributed by atoms with Crippen molar-refractivity contribution in [1.29, 1.82) is 0 Å². The van der Waals surface area contributed by atoms with Gasteiger partial charge in [-0.25, -0.2) is 0 Å². The summed E-state index contributed by atoms with van der Waals surface area (Å²) in [4.78, 5) is 30.4. The normalized spacial score (nSPS) is 25.2. The lowest BCUT2D eigenvalue weighted by Crippen LogP contribution is -2.63. The maximum Gasteiger partial charge on any atom is 0.573 e. The lowest BCUT2D eigenvalue weighted by molar-refractivity contribution is -0.274. The van der Waals surface area contributed by atoms with Gasteiger partial charge in [-0.2, -0.15) is 0 Å². The number of benzene rings is 2. The molecule has 2 aliphatic carbocycles. The second-order valence-electron chi connectivity index (χ2n) is 9.84. The summed E-state index contributed by atoms with van der Waals surface area (Å²) in [5.74, 6) is -1.22. The van der Waals surface area contributed by atoms with Gasteiger partial charge in [0.15, 0.2) is 5.72 Å². The highest BCUT2D eigenvalue weighted by Crippen LogP contribution is 2.55. The van der Waals surface area contributed by atoms with Crippen LogP contribution in [0.25, 0.3) is 0 Å².